The average Bonchev–Trinajstić information content (AvgIpc) is 2.94. The van der Waals surface area contributed by atoms with Crippen LogP contribution in [0.25, 0.3) is 10.6 Å². The van der Waals surface area contributed by atoms with Crippen LogP contribution >= 0.6 is 11.3 Å². The average molecular weight is 281 g/mol. The van der Waals surface area contributed by atoms with E-state index in [-0.39, 0.29) is 0 Å². The van der Waals surface area contributed by atoms with Crippen LogP contribution in [0.2, 0.25) is 0 Å². The fraction of sp³-hybridized carbons (Fsp3) is 0.333. The number of anilines is 1. The predicted octanol–water partition coefficient (Wildman–Crippen LogP) is 2.27. The van der Waals surface area contributed by atoms with Crippen molar-refractivity contribution >= 4 is 16.5 Å². The van der Waals surface area contributed by atoms with Crippen molar-refractivity contribution < 1.29 is 14.2 Å². The van der Waals surface area contributed by atoms with Gasteiger partial charge in [0.1, 0.15) is 5.01 Å². The largest absolute Gasteiger partial charge is 0.493 e. The molecule has 7 heteroatoms. The summed E-state index contributed by atoms with van der Waals surface area (Å²) in [5, 5.41) is 12.6. The van der Waals surface area contributed by atoms with Gasteiger partial charge in [0.15, 0.2) is 11.5 Å². The SMILES string of the molecule is CNc1nnc(-c2cc(OC)c(OC)c(OC)c2)s1. The van der Waals surface area contributed by atoms with Crippen LogP contribution in [0, 0.1) is 0 Å². The summed E-state index contributed by atoms with van der Waals surface area (Å²) in [4.78, 5) is 0. The highest BCUT2D eigenvalue weighted by molar-refractivity contribution is 7.18. The molecule has 2 aromatic rings. The second kappa shape index (κ2) is 5.75. The monoisotopic (exact) mass is 281 g/mol. The Hall–Kier alpha value is -2.02. The zero-order chi connectivity index (χ0) is 13.8. The van der Waals surface area contributed by atoms with Crippen molar-refractivity contribution in [2.24, 2.45) is 0 Å². The van der Waals surface area contributed by atoms with E-state index >= 15 is 0 Å². The van der Waals surface area contributed by atoms with Gasteiger partial charge in [-0.3, -0.25) is 0 Å². The van der Waals surface area contributed by atoms with Crippen molar-refractivity contribution in [1.29, 1.82) is 0 Å². The Kier molecular flexibility index (Phi) is 4.06. The highest BCUT2D eigenvalue weighted by Crippen LogP contribution is 2.41. The number of nitrogens with zero attached hydrogens (tertiary/aromatic N) is 2. The molecule has 0 amide bonds. The molecule has 102 valence electrons. The molecule has 0 aliphatic rings. The molecular formula is C12H15N3O3S. The van der Waals surface area contributed by atoms with Gasteiger partial charge in [0.25, 0.3) is 0 Å². The molecule has 0 aliphatic heterocycles. The van der Waals surface area contributed by atoms with Crippen molar-refractivity contribution in [1.82, 2.24) is 10.2 Å². The fourth-order valence-electron chi connectivity index (χ4n) is 1.65. The standard InChI is InChI=1S/C12H15N3O3S/c1-13-12-15-14-11(19-12)7-5-8(16-2)10(18-4)9(6-7)17-3/h5-6H,1-4H3,(H,13,15). The predicted molar refractivity (Wildman–Crippen MR) is 74.5 cm³/mol. The smallest absolute Gasteiger partial charge is 0.205 e. The third kappa shape index (κ3) is 2.55. The summed E-state index contributed by atoms with van der Waals surface area (Å²) in [6.07, 6.45) is 0. The summed E-state index contributed by atoms with van der Waals surface area (Å²) >= 11 is 1.45. The van der Waals surface area contributed by atoms with Gasteiger partial charge in [-0.15, -0.1) is 10.2 Å². The van der Waals surface area contributed by atoms with Gasteiger partial charge in [-0.2, -0.15) is 0 Å². The number of benzene rings is 1. The van der Waals surface area contributed by atoms with Crippen molar-refractivity contribution in [3.8, 4) is 27.8 Å². The van der Waals surface area contributed by atoms with Crippen molar-refractivity contribution in [3.05, 3.63) is 12.1 Å². The third-order valence-corrected chi connectivity index (χ3v) is 3.54. The number of rotatable bonds is 5. The molecule has 6 nitrogen and oxygen atoms in total. The normalized spacial score (nSPS) is 10.1. The molecule has 1 aromatic carbocycles. The summed E-state index contributed by atoms with van der Waals surface area (Å²) in [6.45, 7) is 0. The molecule has 0 bridgehead atoms. The second-order valence-corrected chi connectivity index (χ2v) is 4.55. The van der Waals surface area contributed by atoms with Crippen LogP contribution in [-0.2, 0) is 0 Å². The van der Waals surface area contributed by atoms with Crippen LogP contribution in [0.5, 0.6) is 17.2 Å². The molecule has 1 N–H and O–H groups in total. The number of ether oxygens (including phenoxy) is 3. The van der Waals surface area contributed by atoms with Gasteiger partial charge in [0.05, 0.1) is 21.3 Å². The molecule has 0 aliphatic carbocycles. The topological polar surface area (TPSA) is 65.5 Å². The lowest BCUT2D eigenvalue weighted by atomic mass is 10.2. The summed E-state index contributed by atoms with van der Waals surface area (Å²) in [6, 6.07) is 3.70. The maximum Gasteiger partial charge on any atom is 0.205 e. The zero-order valence-corrected chi connectivity index (χ0v) is 12.0. The van der Waals surface area contributed by atoms with E-state index in [1.807, 2.05) is 12.1 Å². The first-order valence-electron chi connectivity index (χ1n) is 5.55. The number of aromatic nitrogens is 2. The molecule has 1 aromatic heterocycles. The minimum atomic E-state index is 0.562. The van der Waals surface area contributed by atoms with E-state index in [1.165, 1.54) is 11.3 Å². The lowest BCUT2D eigenvalue weighted by molar-refractivity contribution is 0.324. The van der Waals surface area contributed by atoms with Crippen molar-refractivity contribution in [2.75, 3.05) is 33.7 Å². The van der Waals surface area contributed by atoms with Gasteiger partial charge in [-0.1, -0.05) is 11.3 Å². The van der Waals surface area contributed by atoms with Gasteiger partial charge in [0, 0.05) is 12.6 Å². The van der Waals surface area contributed by atoms with E-state index in [9.17, 15) is 0 Å². The van der Waals surface area contributed by atoms with E-state index < -0.39 is 0 Å². The zero-order valence-electron chi connectivity index (χ0n) is 11.2. The Morgan fingerprint density at radius 2 is 1.63 bits per heavy atom. The first-order valence-corrected chi connectivity index (χ1v) is 6.36. The van der Waals surface area contributed by atoms with E-state index in [2.05, 4.69) is 15.5 Å². The first kappa shape index (κ1) is 13.4. The molecule has 0 spiro atoms. The van der Waals surface area contributed by atoms with E-state index in [4.69, 9.17) is 14.2 Å². The minimum absolute atomic E-state index is 0.562. The summed E-state index contributed by atoms with van der Waals surface area (Å²) in [7, 11) is 6.55. The van der Waals surface area contributed by atoms with Crippen LogP contribution in [0.1, 0.15) is 0 Å². The highest BCUT2D eigenvalue weighted by Gasteiger charge is 2.16. The van der Waals surface area contributed by atoms with Gasteiger partial charge >= 0.3 is 0 Å². The molecule has 0 fully saturated rings. The van der Waals surface area contributed by atoms with Crippen LogP contribution in [-0.4, -0.2) is 38.6 Å². The van der Waals surface area contributed by atoms with E-state index in [0.717, 1.165) is 15.7 Å². The van der Waals surface area contributed by atoms with Crippen molar-refractivity contribution in [3.63, 3.8) is 0 Å². The second-order valence-electron chi connectivity index (χ2n) is 3.58. The minimum Gasteiger partial charge on any atom is -0.493 e. The molecule has 2 rings (SSSR count). The van der Waals surface area contributed by atoms with Gasteiger partial charge in [-0.25, -0.2) is 0 Å². The third-order valence-electron chi connectivity index (χ3n) is 2.55. The quantitative estimate of drug-likeness (QED) is 0.907. The summed E-state index contributed by atoms with van der Waals surface area (Å²) < 4.78 is 15.9. The number of methoxy groups -OCH3 is 3. The van der Waals surface area contributed by atoms with Crippen LogP contribution in [0.15, 0.2) is 12.1 Å². The molecule has 1 heterocycles. The number of hydrogen-bond acceptors (Lipinski definition) is 7. The van der Waals surface area contributed by atoms with Gasteiger partial charge in [-0.05, 0) is 12.1 Å². The number of hydrogen-bond donors (Lipinski definition) is 1. The molecule has 0 unspecified atom stereocenters. The summed E-state index contributed by atoms with van der Waals surface area (Å²) in [5.74, 6) is 1.75. The Morgan fingerprint density at radius 1 is 1.00 bits per heavy atom. The van der Waals surface area contributed by atoms with Gasteiger partial charge in [0.2, 0.25) is 10.9 Å². The van der Waals surface area contributed by atoms with Crippen molar-refractivity contribution in [2.45, 2.75) is 0 Å². The molecular weight excluding hydrogens is 266 g/mol. The number of nitrogens with one attached hydrogen (secondary N) is 1. The lowest BCUT2D eigenvalue weighted by Crippen LogP contribution is -1.95. The first-order chi connectivity index (χ1) is 9.23. The van der Waals surface area contributed by atoms with Crippen LogP contribution in [0.3, 0.4) is 0 Å². The van der Waals surface area contributed by atoms with Crippen LogP contribution in [0.4, 0.5) is 5.13 Å². The molecule has 0 saturated carbocycles. The molecule has 19 heavy (non-hydrogen) atoms. The Bertz CT molecular complexity index is 546. The summed E-state index contributed by atoms with van der Waals surface area (Å²) in [5.41, 5.74) is 0.869. The fourth-order valence-corrected chi connectivity index (χ4v) is 2.33. The lowest BCUT2D eigenvalue weighted by Gasteiger charge is -2.12. The Balaban J connectivity index is 2.51. The van der Waals surface area contributed by atoms with Crippen LogP contribution < -0.4 is 19.5 Å². The molecule has 0 saturated heterocycles. The molecule has 0 atom stereocenters. The van der Waals surface area contributed by atoms with E-state index in [1.54, 1.807) is 28.4 Å². The Morgan fingerprint density at radius 3 is 2.05 bits per heavy atom. The highest BCUT2D eigenvalue weighted by atomic mass is 32.1. The molecule has 0 radical (unpaired) electrons. The Labute approximate surface area is 115 Å². The maximum absolute atomic E-state index is 5.31. The van der Waals surface area contributed by atoms with E-state index in [0.29, 0.717) is 17.2 Å². The maximum atomic E-state index is 5.31. The van der Waals surface area contributed by atoms with Gasteiger partial charge < -0.3 is 19.5 Å².